The third-order valence-corrected chi connectivity index (χ3v) is 4.11. The summed E-state index contributed by atoms with van der Waals surface area (Å²) >= 11 is 0. The van der Waals surface area contributed by atoms with Gasteiger partial charge < -0.3 is 10.2 Å². The number of piperidine rings is 1. The summed E-state index contributed by atoms with van der Waals surface area (Å²) in [5, 5.41) is 10.3. The van der Waals surface area contributed by atoms with Crippen LogP contribution in [-0.2, 0) is 11.3 Å². The molecule has 0 radical (unpaired) electrons. The third kappa shape index (κ3) is 3.17. The fourth-order valence-electron chi connectivity index (χ4n) is 3.10. The van der Waals surface area contributed by atoms with Gasteiger partial charge in [0.25, 0.3) is 0 Å². The Balaban J connectivity index is 2.06. The molecule has 2 N–H and O–H groups in total. The zero-order valence-corrected chi connectivity index (χ0v) is 12.7. The van der Waals surface area contributed by atoms with Gasteiger partial charge in [-0.3, -0.25) is 9.89 Å². The lowest BCUT2D eigenvalue weighted by atomic mass is 9.74. The number of aromatic amines is 1. The van der Waals surface area contributed by atoms with Crippen molar-refractivity contribution in [3.63, 3.8) is 0 Å². The average Bonchev–Trinajstić information content (AvgIpc) is 2.84. The molecule has 1 aliphatic heterocycles. The third-order valence-electron chi connectivity index (χ3n) is 4.11. The second-order valence-corrected chi connectivity index (χ2v) is 5.78. The number of rotatable bonds is 5. The fraction of sp³-hybridized carbons (Fsp3) is 0.786. The number of H-pyrrole nitrogens is 1. The van der Waals surface area contributed by atoms with Crippen LogP contribution in [0.15, 0.2) is 0 Å². The smallest absolute Gasteiger partial charge is 0.229 e. The summed E-state index contributed by atoms with van der Waals surface area (Å²) in [6, 6.07) is 0. The number of nitrogens with one attached hydrogen (secondary N) is 2. The quantitative estimate of drug-likeness (QED) is 0.850. The fourth-order valence-corrected chi connectivity index (χ4v) is 3.10. The van der Waals surface area contributed by atoms with Crippen LogP contribution in [-0.4, -0.2) is 46.1 Å². The predicted octanol–water partition coefficient (Wildman–Crippen LogP) is 1.24. The highest BCUT2D eigenvalue weighted by Crippen LogP contribution is 2.36. The van der Waals surface area contributed by atoms with E-state index in [0.717, 1.165) is 44.6 Å². The molecule has 2 heterocycles. The second-order valence-electron chi connectivity index (χ2n) is 5.78. The highest BCUT2D eigenvalue weighted by atomic mass is 16.2. The molecule has 1 saturated heterocycles. The first-order chi connectivity index (χ1) is 9.57. The number of amides is 1. The van der Waals surface area contributed by atoms with E-state index in [0.29, 0.717) is 12.4 Å². The highest BCUT2D eigenvalue weighted by molar-refractivity contribution is 5.82. The Morgan fingerprint density at radius 2 is 2.10 bits per heavy atom. The maximum Gasteiger partial charge on any atom is 0.229 e. The number of aromatic nitrogens is 3. The Morgan fingerprint density at radius 3 is 2.65 bits per heavy atom. The van der Waals surface area contributed by atoms with Gasteiger partial charge in [0.15, 0.2) is 5.82 Å². The van der Waals surface area contributed by atoms with Crippen LogP contribution in [0.4, 0.5) is 0 Å². The van der Waals surface area contributed by atoms with E-state index in [1.165, 1.54) is 0 Å². The zero-order chi connectivity index (χ0) is 14.6. The second kappa shape index (κ2) is 6.35. The van der Waals surface area contributed by atoms with Crippen molar-refractivity contribution in [2.24, 2.45) is 5.41 Å². The molecule has 0 spiro atoms. The van der Waals surface area contributed by atoms with Gasteiger partial charge in [-0.2, -0.15) is 5.10 Å². The number of nitrogens with zero attached hydrogens (tertiary/aromatic N) is 3. The maximum absolute atomic E-state index is 12.9. The number of hydrogen-bond donors (Lipinski definition) is 2. The van der Waals surface area contributed by atoms with Gasteiger partial charge >= 0.3 is 0 Å². The van der Waals surface area contributed by atoms with Crippen LogP contribution in [0.3, 0.4) is 0 Å². The van der Waals surface area contributed by atoms with Crippen LogP contribution < -0.4 is 5.32 Å². The molecule has 2 rings (SSSR count). The molecule has 0 aliphatic carbocycles. The van der Waals surface area contributed by atoms with Crippen LogP contribution in [0.25, 0.3) is 0 Å². The Bertz CT molecular complexity index is 445. The minimum atomic E-state index is -0.194. The first-order valence-electron chi connectivity index (χ1n) is 7.41. The van der Waals surface area contributed by atoms with Crippen molar-refractivity contribution >= 4 is 5.91 Å². The van der Waals surface area contributed by atoms with Crippen LogP contribution >= 0.6 is 0 Å². The molecule has 1 amide bonds. The standard InChI is InChI=1S/C14H25N5O/c1-4-5-14(6-8-15-9-7-14)13(20)19(3)10-12-16-11(2)17-18-12/h15H,4-10H2,1-3H3,(H,16,17,18). The Morgan fingerprint density at radius 1 is 1.40 bits per heavy atom. The van der Waals surface area contributed by atoms with E-state index in [9.17, 15) is 4.79 Å². The minimum Gasteiger partial charge on any atom is -0.338 e. The summed E-state index contributed by atoms with van der Waals surface area (Å²) in [5.74, 6) is 1.70. The number of carbonyl (C=O) groups is 1. The van der Waals surface area contributed by atoms with Crippen molar-refractivity contribution in [3.8, 4) is 0 Å². The van der Waals surface area contributed by atoms with Gasteiger partial charge in [0.1, 0.15) is 5.82 Å². The molecular weight excluding hydrogens is 254 g/mol. The molecule has 6 nitrogen and oxygen atoms in total. The van der Waals surface area contributed by atoms with Crippen LogP contribution in [0.5, 0.6) is 0 Å². The molecule has 1 fully saturated rings. The van der Waals surface area contributed by atoms with E-state index in [2.05, 4.69) is 27.4 Å². The molecule has 1 aromatic heterocycles. The van der Waals surface area contributed by atoms with Gasteiger partial charge in [-0.1, -0.05) is 13.3 Å². The Hall–Kier alpha value is -1.43. The summed E-state index contributed by atoms with van der Waals surface area (Å²) in [6.07, 6.45) is 3.86. The number of carbonyl (C=O) groups excluding carboxylic acids is 1. The van der Waals surface area contributed by atoms with Gasteiger partial charge in [0.05, 0.1) is 12.0 Å². The number of hydrogen-bond acceptors (Lipinski definition) is 4. The summed E-state index contributed by atoms with van der Waals surface area (Å²) < 4.78 is 0. The van der Waals surface area contributed by atoms with E-state index in [1.54, 1.807) is 4.90 Å². The maximum atomic E-state index is 12.9. The van der Waals surface area contributed by atoms with Gasteiger partial charge in [-0.25, -0.2) is 4.98 Å². The molecule has 0 bridgehead atoms. The molecular formula is C14H25N5O. The summed E-state index contributed by atoms with van der Waals surface area (Å²) in [6.45, 7) is 6.35. The molecule has 112 valence electrons. The van der Waals surface area contributed by atoms with E-state index in [1.807, 2.05) is 14.0 Å². The van der Waals surface area contributed by atoms with Crippen molar-refractivity contribution in [3.05, 3.63) is 11.6 Å². The lowest BCUT2D eigenvalue weighted by Gasteiger charge is -2.38. The van der Waals surface area contributed by atoms with Crippen molar-refractivity contribution in [2.45, 2.75) is 46.1 Å². The highest BCUT2D eigenvalue weighted by Gasteiger charge is 2.40. The topological polar surface area (TPSA) is 73.9 Å². The monoisotopic (exact) mass is 279 g/mol. The van der Waals surface area contributed by atoms with E-state index >= 15 is 0 Å². The molecule has 0 unspecified atom stereocenters. The van der Waals surface area contributed by atoms with E-state index in [4.69, 9.17) is 0 Å². The lowest BCUT2D eigenvalue weighted by molar-refractivity contribution is -0.143. The Kier molecular flexibility index (Phi) is 4.75. The van der Waals surface area contributed by atoms with Gasteiger partial charge in [0.2, 0.25) is 5.91 Å². The van der Waals surface area contributed by atoms with Gasteiger partial charge in [-0.05, 0) is 39.3 Å². The summed E-state index contributed by atoms with van der Waals surface area (Å²) in [4.78, 5) is 18.9. The number of aryl methyl sites for hydroxylation is 1. The van der Waals surface area contributed by atoms with Crippen molar-refractivity contribution < 1.29 is 4.79 Å². The van der Waals surface area contributed by atoms with Crippen LogP contribution in [0, 0.1) is 12.3 Å². The molecule has 1 aromatic rings. The SMILES string of the molecule is CCCC1(C(=O)N(C)Cc2n[nH]c(C)n2)CCNCC1. The molecule has 20 heavy (non-hydrogen) atoms. The van der Waals surface area contributed by atoms with Crippen molar-refractivity contribution in [1.82, 2.24) is 25.4 Å². The summed E-state index contributed by atoms with van der Waals surface area (Å²) in [5.41, 5.74) is -0.194. The lowest BCUT2D eigenvalue weighted by Crippen LogP contribution is -2.48. The summed E-state index contributed by atoms with van der Waals surface area (Å²) in [7, 11) is 1.85. The van der Waals surface area contributed by atoms with Crippen molar-refractivity contribution in [1.29, 1.82) is 0 Å². The molecule has 6 heteroatoms. The van der Waals surface area contributed by atoms with E-state index in [-0.39, 0.29) is 11.3 Å². The first-order valence-corrected chi connectivity index (χ1v) is 7.41. The van der Waals surface area contributed by atoms with Crippen LogP contribution in [0.2, 0.25) is 0 Å². The predicted molar refractivity (Wildman–Crippen MR) is 77.0 cm³/mol. The van der Waals surface area contributed by atoms with Gasteiger partial charge in [-0.15, -0.1) is 0 Å². The first kappa shape index (κ1) is 15.0. The van der Waals surface area contributed by atoms with E-state index < -0.39 is 0 Å². The zero-order valence-electron chi connectivity index (χ0n) is 12.7. The molecule has 0 atom stereocenters. The minimum absolute atomic E-state index is 0.194. The average molecular weight is 279 g/mol. The van der Waals surface area contributed by atoms with Gasteiger partial charge in [0, 0.05) is 7.05 Å². The normalized spacial score (nSPS) is 17.9. The molecule has 0 aromatic carbocycles. The Labute approximate surface area is 120 Å². The van der Waals surface area contributed by atoms with Crippen molar-refractivity contribution in [2.75, 3.05) is 20.1 Å². The van der Waals surface area contributed by atoms with Crippen LogP contribution in [0.1, 0.15) is 44.3 Å². The molecule has 0 saturated carbocycles. The molecule has 1 aliphatic rings. The largest absolute Gasteiger partial charge is 0.338 e.